The van der Waals surface area contributed by atoms with Crippen LogP contribution in [0.4, 0.5) is 0 Å². The summed E-state index contributed by atoms with van der Waals surface area (Å²) >= 11 is 0. The lowest BCUT2D eigenvalue weighted by atomic mass is 9.84. The lowest BCUT2D eigenvalue weighted by molar-refractivity contribution is -0.152. The molecule has 0 spiro atoms. The number of carbonyl (C=O) groups is 3. The minimum atomic E-state index is -0.935. The van der Waals surface area contributed by atoms with E-state index < -0.39 is 24.1 Å². The van der Waals surface area contributed by atoms with Gasteiger partial charge in [0, 0.05) is 6.04 Å². The first-order valence-corrected chi connectivity index (χ1v) is 9.88. The molecule has 1 saturated heterocycles. The number of nitrogens with zero attached hydrogens (tertiary/aromatic N) is 1. The Morgan fingerprint density at radius 1 is 1.23 bits per heavy atom. The largest absolute Gasteiger partial charge is 0.480 e. The Labute approximate surface area is 155 Å². The molecule has 0 aromatic carbocycles. The van der Waals surface area contributed by atoms with Crippen molar-refractivity contribution >= 4 is 17.8 Å². The van der Waals surface area contributed by atoms with Crippen molar-refractivity contribution in [3.05, 3.63) is 0 Å². The van der Waals surface area contributed by atoms with E-state index in [0.29, 0.717) is 19.4 Å². The van der Waals surface area contributed by atoms with Gasteiger partial charge in [0.2, 0.25) is 5.91 Å². The van der Waals surface area contributed by atoms with E-state index in [1.807, 2.05) is 6.92 Å². The number of hydrogen-bond donors (Lipinski definition) is 2. The van der Waals surface area contributed by atoms with E-state index >= 15 is 0 Å². The summed E-state index contributed by atoms with van der Waals surface area (Å²) < 4.78 is 5.09. The van der Waals surface area contributed by atoms with Crippen LogP contribution in [-0.4, -0.2) is 58.6 Å². The van der Waals surface area contributed by atoms with Gasteiger partial charge in [-0.15, -0.1) is 0 Å². The van der Waals surface area contributed by atoms with Gasteiger partial charge in [0.05, 0.1) is 12.6 Å². The van der Waals surface area contributed by atoms with Crippen molar-refractivity contribution in [3.8, 4) is 0 Å². The number of likely N-dealkylation sites (tertiary alicyclic amines) is 1. The van der Waals surface area contributed by atoms with E-state index in [1.54, 1.807) is 18.7 Å². The number of carbonyl (C=O) groups excluding carboxylic acids is 2. The summed E-state index contributed by atoms with van der Waals surface area (Å²) in [5.41, 5.74) is 0. The predicted molar refractivity (Wildman–Crippen MR) is 96.6 cm³/mol. The molecule has 7 heteroatoms. The van der Waals surface area contributed by atoms with Gasteiger partial charge in [-0.25, -0.2) is 4.79 Å². The molecule has 2 aliphatic rings. The maximum absolute atomic E-state index is 13.1. The van der Waals surface area contributed by atoms with Crippen LogP contribution in [0.15, 0.2) is 0 Å². The summed E-state index contributed by atoms with van der Waals surface area (Å²) in [4.78, 5) is 38.5. The maximum atomic E-state index is 13.1. The SMILES string of the molecule is CCCC(NC(C)C(=O)N1C(C(=O)O)C[C@@H]2CCCC[C@@H]21)C(=O)OCC. The molecule has 0 bridgehead atoms. The third kappa shape index (κ3) is 4.55. The summed E-state index contributed by atoms with van der Waals surface area (Å²) in [7, 11) is 0. The molecule has 0 aromatic heterocycles. The molecule has 2 N–H and O–H groups in total. The molecule has 1 aliphatic heterocycles. The van der Waals surface area contributed by atoms with Crippen LogP contribution >= 0.6 is 0 Å². The summed E-state index contributed by atoms with van der Waals surface area (Å²) in [6.07, 6.45) is 5.87. The third-order valence-electron chi connectivity index (χ3n) is 5.60. The van der Waals surface area contributed by atoms with Crippen molar-refractivity contribution in [1.82, 2.24) is 10.2 Å². The number of hydrogen-bond acceptors (Lipinski definition) is 5. The quantitative estimate of drug-likeness (QED) is 0.636. The lowest BCUT2D eigenvalue weighted by Crippen LogP contribution is -2.55. The standard InChI is InChI=1S/C19H32N2O5/c1-4-8-14(19(25)26-5-2)20-12(3)17(22)21-15-10-7-6-9-13(15)11-16(21)18(23)24/h12-16,20H,4-11H2,1-3H3,(H,23,24)/t12?,13-,14?,15-,16?/m0/s1. The molecule has 148 valence electrons. The van der Waals surface area contributed by atoms with Gasteiger partial charge in [-0.2, -0.15) is 0 Å². The molecule has 0 radical (unpaired) electrons. The maximum Gasteiger partial charge on any atom is 0.326 e. The molecule has 5 atom stereocenters. The topological polar surface area (TPSA) is 95.9 Å². The molecule has 1 aliphatic carbocycles. The van der Waals surface area contributed by atoms with Gasteiger partial charge in [0.15, 0.2) is 0 Å². The zero-order valence-electron chi connectivity index (χ0n) is 16.1. The Balaban J connectivity index is 2.10. The van der Waals surface area contributed by atoms with Crippen LogP contribution in [0.3, 0.4) is 0 Å². The number of rotatable bonds is 8. The molecule has 1 amide bonds. The second-order valence-electron chi connectivity index (χ2n) is 7.43. The molecule has 1 heterocycles. The van der Waals surface area contributed by atoms with Crippen LogP contribution in [0.2, 0.25) is 0 Å². The van der Waals surface area contributed by atoms with E-state index in [2.05, 4.69) is 5.32 Å². The van der Waals surface area contributed by atoms with Gasteiger partial charge in [-0.1, -0.05) is 26.2 Å². The van der Waals surface area contributed by atoms with Crippen LogP contribution in [0.5, 0.6) is 0 Å². The first-order valence-electron chi connectivity index (χ1n) is 9.88. The van der Waals surface area contributed by atoms with Gasteiger partial charge >= 0.3 is 11.9 Å². The molecule has 3 unspecified atom stereocenters. The molecule has 26 heavy (non-hydrogen) atoms. The monoisotopic (exact) mass is 368 g/mol. The number of carboxylic acids is 1. The van der Waals surface area contributed by atoms with Gasteiger partial charge < -0.3 is 14.7 Å². The number of amides is 1. The van der Waals surface area contributed by atoms with Crippen molar-refractivity contribution < 1.29 is 24.2 Å². The minimum absolute atomic E-state index is 0.00817. The molecule has 0 aromatic rings. The Hall–Kier alpha value is -1.63. The molecule has 1 saturated carbocycles. The number of ether oxygens (including phenoxy) is 1. The van der Waals surface area contributed by atoms with Crippen molar-refractivity contribution in [1.29, 1.82) is 0 Å². The Morgan fingerprint density at radius 3 is 2.54 bits per heavy atom. The first kappa shape index (κ1) is 20.7. The Morgan fingerprint density at radius 2 is 1.92 bits per heavy atom. The zero-order chi connectivity index (χ0) is 19.3. The number of nitrogens with one attached hydrogen (secondary N) is 1. The van der Waals surface area contributed by atoms with E-state index in [4.69, 9.17) is 4.74 Å². The second-order valence-corrected chi connectivity index (χ2v) is 7.43. The van der Waals surface area contributed by atoms with Crippen molar-refractivity contribution in [2.24, 2.45) is 5.92 Å². The number of fused-ring (bicyclic) bond motifs is 1. The van der Waals surface area contributed by atoms with E-state index in [9.17, 15) is 19.5 Å². The smallest absolute Gasteiger partial charge is 0.326 e. The summed E-state index contributed by atoms with van der Waals surface area (Å²) in [6, 6.07) is -1.92. The molecule has 2 fully saturated rings. The van der Waals surface area contributed by atoms with Crippen LogP contribution in [-0.2, 0) is 19.1 Å². The van der Waals surface area contributed by atoms with Crippen molar-refractivity contribution in [3.63, 3.8) is 0 Å². The Kier molecular flexibility index (Phi) is 7.43. The van der Waals surface area contributed by atoms with Crippen LogP contribution < -0.4 is 5.32 Å². The molecular formula is C19H32N2O5. The summed E-state index contributed by atoms with van der Waals surface area (Å²) in [5, 5.41) is 12.7. The highest BCUT2D eigenvalue weighted by atomic mass is 16.5. The highest BCUT2D eigenvalue weighted by Crippen LogP contribution is 2.40. The van der Waals surface area contributed by atoms with E-state index in [1.165, 1.54) is 0 Å². The van der Waals surface area contributed by atoms with Gasteiger partial charge in [0.25, 0.3) is 0 Å². The average molecular weight is 368 g/mol. The van der Waals surface area contributed by atoms with Gasteiger partial charge in [-0.3, -0.25) is 14.9 Å². The Bertz CT molecular complexity index is 524. The third-order valence-corrected chi connectivity index (χ3v) is 5.60. The average Bonchev–Trinajstić information content (AvgIpc) is 3.00. The molecule has 2 rings (SSSR count). The van der Waals surface area contributed by atoms with Crippen molar-refractivity contribution in [2.45, 2.75) is 89.9 Å². The van der Waals surface area contributed by atoms with Crippen LogP contribution in [0.25, 0.3) is 0 Å². The van der Waals surface area contributed by atoms with Crippen LogP contribution in [0.1, 0.15) is 65.7 Å². The number of carboxylic acid groups (broad SMARTS) is 1. The first-order chi connectivity index (χ1) is 12.4. The predicted octanol–water partition coefficient (Wildman–Crippen LogP) is 1.94. The van der Waals surface area contributed by atoms with E-state index in [0.717, 1.165) is 32.1 Å². The fourth-order valence-corrected chi connectivity index (χ4v) is 4.39. The van der Waals surface area contributed by atoms with E-state index in [-0.39, 0.29) is 23.8 Å². The van der Waals surface area contributed by atoms with Crippen molar-refractivity contribution in [2.75, 3.05) is 6.61 Å². The zero-order valence-corrected chi connectivity index (χ0v) is 16.1. The fourth-order valence-electron chi connectivity index (χ4n) is 4.39. The minimum Gasteiger partial charge on any atom is -0.480 e. The molecular weight excluding hydrogens is 336 g/mol. The number of esters is 1. The second kappa shape index (κ2) is 9.35. The lowest BCUT2D eigenvalue weighted by Gasteiger charge is -2.35. The van der Waals surface area contributed by atoms with Gasteiger partial charge in [0.1, 0.15) is 12.1 Å². The normalized spacial score (nSPS) is 27.5. The number of aliphatic carboxylic acids is 1. The summed E-state index contributed by atoms with van der Waals surface area (Å²) in [5.74, 6) is -1.24. The summed E-state index contributed by atoms with van der Waals surface area (Å²) in [6.45, 7) is 5.72. The highest BCUT2D eigenvalue weighted by Gasteiger charge is 2.48. The fraction of sp³-hybridized carbons (Fsp3) is 0.842. The van der Waals surface area contributed by atoms with Crippen LogP contribution in [0, 0.1) is 5.92 Å². The highest BCUT2D eigenvalue weighted by molar-refractivity contribution is 5.88. The van der Waals surface area contributed by atoms with Gasteiger partial charge in [-0.05, 0) is 45.4 Å². The molecule has 7 nitrogen and oxygen atoms in total.